The molecule has 1 aliphatic heterocycles. The van der Waals surface area contributed by atoms with Crippen LogP contribution in [0.3, 0.4) is 0 Å². The predicted molar refractivity (Wildman–Crippen MR) is 108 cm³/mol. The molecule has 0 saturated carbocycles. The van der Waals surface area contributed by atoms with Crippen LogP contribution < -0.4 is 5.32 Å². The second-order valence-electron chi connectivity index (χ2n) is 7.05. The average Bonchev–Trinajstić information content (AvgIpc) is 2.66. The Hall–Kier alpha value is -2.72. The van der Waals surface area contributed by atoms with Crippen molar-refractivity contribution in [2.24, 2.45) is 0 Å². The second kappa shape index (κ2) is 7.89. The van der Waals surface area contributed by atoms with Crippen LogP contribution >= 0.6 is 11.6 Å². The Kier molecular flexibility index (Phi) is 5.57. The minimum atomic E-state index is -0.195. The number of allylic oxidation sites excluding steroid dienone is 1. The maximum absolute atomic E-state index is 12.3. The van der Waals surface area contributed by atoms with E-state index in [9.17, 15) is 9.90 Å². The molecule has 0 saturated heterocycles. The first-order valence-electron chi connectivity index (χ1n) is 8.84. The SMILES string of the molecule is CC(C)(c1ccccc1)N1C=CC(NC(=O)Cc2cc(Cl)ccc2O)=CC1. The van der Waals surface area contributed by atoms with E-state index in [0.717, 1.165) is 5.70 Å². The molecule has 3 rings (SSSR count). The number of hydrogen-bond acceptors (Lipinski definition) is 3. The van der Waals surface area contributed by atoms with Crippen molar-refractivity contribution in [3.8, 4) is 5.75 Å². The highest BCUT2D eigenvalue weighted by Gasteiger charge is 2.26. The second-order valence-corrected chi connectivity index (χ2v) is 7.49. The van der Waals surface area contributed by atoms with Crippen molar-refractivity contribution in [1.82, 2.24) is 10.2 Å². The summed E-state index contributed by atoms with van der Waals surface area (Å²) in [6.45, 7) is 5.04. The van der Waals surface area contributed by atoms with Crippen molar-refractivity contribution in [3.63, 3.8) is 0 Å². The first-order valence-corrected chi connectivity index (χ1v) is 9.22. The van der Waals surface area contributed by atoms with Crippen LogP contribution in [0.25, 0.3) is 0 Å². The van der Waals surface area contributed by atoms with Crippen molar-refractivity contribution < 1.29 is 9.90 Å². The normalized spacial score (nSPS) is 14.0. The van der Waals surface area contributed by atoms with Crippen LogP contribution in [-0.4, -0.2) is 22.5 Å². The lowest BCUT2D eigenvalue weighted by Crippen LogP contribution is -2.39. The third kappa shape index (κ3) is 4.52. The highest BCUT2D eigenvalue weighted by atomic mass is 35.5. The predicted octanol–water partition coefficient (Wildman–Crippen LogP) is 4.35. The van der Waals surface area contributed by atoms with Gasteiger partial charge in [-0.15, -0.1) is 0 Å². The Labute approximate surface area is 164 Å². The summed E-state index contributed by atoms with van der Waals surface area (Å²) in [5, 5.41) is 13.2. The van der Waals surface area contributed by atoms with Crippen molar-refractivity contribution in [2.45, 2.75) is 25.8 Å². The summed E-state index contributed by atoms with van der Waals surface area (Å²) in [5.74, 6) is -0.127. The highest BCUT2D eigenvalue weighted by Crippen LogP contribution is 2.29. The zero-order valence-electron chi connectivity index (χ0n) is 15.4. The molecule has 0 atom stereocenters. The summed E-state index contributed by atoms with van der Waals surface area (Å²) in [6, 6.07) is 15.0. The lowest BCUT2D eigenvalue weighted by molar-refractivity contribution is -0.119. The van der Waals surface area contributed by atoms with E-state index in [2.05, 4.69) is 36.2 Å². The first kappa shape index (κ1) is 19.1. The van der Waals surface area contributed by atoms with Crippen LogP contribution in [0.5, 0.6) is 5.75 Å². The van der Waals surface area contributed by atoms with E-state index in [1.807, 2.05) is 36.6 Å². The fraction of sp³-hybridized carbons (Fsp3) is 0.227. The van der Waals surface area contributed by atoms with Crippen LogP contribution in [0.2, 0.25) is 5.02 Å². The molecule has 4 nitrogen and oxygen atoms in total. The lowest BCUT2D eigenvalue weighted by Gasteiger charge is -2.39. The molecule has 0 spiro atoms. The van der Waals surface area contributed by atoms with Gasteiger partial charge in [-0.25, -0.2) is 0 Å². The molecule has 140 valence electrons. The average molecular weight is 383 g/mol. The molecule has 2 N–H and O–H groups in total. The number of aromatic hydroxyl groups is 1. The molecule has 0 unspecified atom stereocenters. The van der Waals surface area contributed by atoms with Crippen LogP contribution in [0, 0.1) is 0 Å². The summed E-state index contributed by atoms with van der Waals surface area (Å²) in [5.41, 5.74) is 2.33. The Morgan fingerprint density at radius 1 is 1.22 bits per heavy atom. The Balaban J connectivity index is 1.62. The van der Waals surface area contributed by atoms with Crippen LogP contribution in [0.15, 0.2) is 72.6 Å². The van der Waals surface area contributed by atoms with E-state index in [1.54, 1.807) is 12.1 Å². The molecule has 1 amide bonds. The monoisotopic (exact) mass is 382 g/mol. The summed E-state index contributed by atoms with van der Waals surface area (Å²) < 4.78 is 0. The molecular formula is C22H23ClN2O2. The standard InChI is InChI=1S/C22H23ClN2O2/c1-22(2,17-6-4-3-5-7-17)25-12-10-19(11-13-25)24-21(27)15-16-14-18(23)8-9-20(16)26/h3-12,14,26H,13,15H2,1-2H3,(H,24,27). The lowest BCUT2D eigenvalue weighted by atomic mass is 9.92. The topological polar surface area (TPSA) is 52.6 Å². The van der Waals surface area contributed by atoms with E-state index in [-0.39, 0.29) is 23.6 Å². The molecule has 0 aromatic heterocycles. The number of hydrogen-bond donors (Lipinski definition) is 2. The zero-order valence-corrected chi connectivity index (χ0v) is 16.2. The van der Waals surface area contributed by atoms with Crippen LogP contribution in [0.1, 0.15) is 25.0 Å². The maximum Gasteiger partial charge on any atom is 0.228 e. The summed E-state index contributed by atoms with van der Waals surface area (Å²) in [4.78, 5) is 14.5. The smallest absolute Gasteiger partial charge is 0.228 e. The summed E-state index contributed by atoms with van der Waals surface area (Å²) in [6.07, 6.45) is 5.95. The molecule has 1 heterocycles. The minimum absolute atomic E-state index is 0.0663. The van der Waals surface area contributed by atoms with Gasteiger partial charge in [0.1, 0.15) is 5.75 Å². The number of carbonyl (C=O) groups is 1. The van der Waals surface area contributed by atoms with Crippen molar-refractivity contribution in [2.75, 3.05) is 6.54 Å². The maximum atomic E-state index is 12.3. The molecule has 1 aliphatic rings. The van der Waals surface area contributed by atoms with Crippen molar-refractivity contribution in [1.29, 1.82) is 0 Å². The number of nitrogens with zero attached hydrogens (tertiary/aromatic N) is 1. The quantitative estimate of drug-likeness (QED) is 0.808. The van der Waals surface area contributed by atoms with Crippen LogP contribution in [-0.2, 0) is 16.8 Å². The molecule has 5 heteroatoms. The Morgan fingerprint density at radius 2 is 1.96 bits per heavy atom. The van der Waals surface area contributed by atoms with Gasteiger partial charge in [-0.1, -0.05) is 41.9 Å². The number of benzene rings is 2. The number of amides is 1. The van der Waals surface area contributed by atoms with Gasteiger partial charge < -0.3 is 15.3 Å². The molecular weight excluding hydrogens is 360 g/mol. The Bertz CT molecular complexity index is 888. The molecule has 0 bridgehead atoms. The van der Waals surface area contributed by atoms with Gasteiger partial charge in [0.2, 0.25) is 5.91 Å². The third-order valence-electron chi connectivity index (χ3n) is 4.82. The van der Waals surface area contributed by atoms with Gasteiger partial charge in [0, 0.05) is 29.0 Å². The number of carbonyl (C=O) groups excluding carboxylic acids is 1. The fourth-order valence-electron chi connectivity index (χ4n) is 3.09. The molecule has 27 heavy (non-hydrogen) atoms. The molecule has 0 aliphatic carbocycles. The van der Waals surface area contributed by atoms with Gasteiger partial charge in [0.25, 0.3) is 0 Å². The highest BCUT2D eigenvalue weighted by molar-refractivity contribution is 6.30. The van der Waals surface area contributed by atoms with E-state index in [4.69, 9.17) is 11.6 Å². The van der Waals surface area contributed by atoms with Gasteiger partial charge in [0.15, 0.2) is 0 Å². The van der Waals surface area contributed by atoms with E-state index < -0.39 is 0 Å². The minimum Gasteiger partial charge on any atom is -0.508 e. The van der Waals surface area contributed by atoms with Gasteiger partial charge >= 0.3 is 0 Å². The molecule has 2 aromatic rings. The molecule has 2 aromatic carbocycles. The summed E-state index contributed by atoms with van der Waals surface area (Å²) in [7, 11) is 0. The first-order chi connectivity index (χ1) is 12.9. The molecule has 0 fully saturated rings. The summed E-state index contributed by atoms with van der Waals surface area (Å²) >= 11 is 5.93. The Morgan fingerprint density at radius 3 is 2.63 bits per heavy atom. The number of rotatable bonds is 5. The van der Waals surface area contributed by atoms with Gasteiger partial charge in [-0.05, 0) is 49.8 Å². The van der Waals surface area contributed by atoms with Crippen molar-refractivity contribution >= 4 is 17.5 Å². The van der Waals surface area contributed by atoms with Gasteiger partial charge in [0.05, 0.1) is 12.0 Å². The van der Waals surface area contributed by atoms with Gasteiger partial charge in [-0.3, -0.25) is 4.79 Å². The van der Waals surface area contributed by atoms with Gasteiger partial charge in [-0.2, -0.15) is 0 Å². The molecule has 0 radical (unpaired) electrons. The van der Waals surface area contributed by atoms with E-state index >= 15 is 0 Å². The largest absolute Gasteiger partial charge is 0.508 e. The number of halogens is 1. The van der Waals surface area contributed by atoms with Crippen molar-refractivity contribution in [3.05, 3.63) is 88.7 Å². The number of phenols is 1. The third-order valence-corrected chi connectivity index (χ3v) is 5.05. The van der Waals surface area contributed by atoms with Crippen LogP contribution in [0.4, 0.5) is 0 Å². The zero-order chi connectivity index (χ0) is 19.4. The van der Waals surface area contributed by atoms with E-state index in [0.29, 0.717) is 17.1 Å². The fourth-order valence-corrected chi connectivity index (χ4v) is 3.28. The number of nitrogens with one attached hydrogen (secondary N) is 1. The number of phenolic OH excluding ortho intramolecular Hbond substituents is 1. The van der Waals surface area contributed by atoms with E-state index in [1.165, 1.54) is 11.6 Å².